The summed E-state index contributed by atoms with van der Waals surface area (Å²) >= 11 is 1.31. The predicted molar refractivity (Wildman–Crippen MR) is 109 cm³/mol. The lowest BCUT2D eigenvalue weighted by Crippen LogP contribution is -2.22. The molecule has 0 N–H and O–H groups in total. The van der Waals surface area contributed by atoms with E-state index in [1.807, 2.05) is 49.6 Å². The van der Waals surface area contributed by atoms with E-state index in [4.69, 9.17) is 4.74 Å². The van der Waals surface area contributed by atoms with Gasteiger partial charge in [-0.2, -0.15) is 0 Å². The topological polar surface area (TPSA) is 87.3 Å². The Hall–Kier alpha value is -2.87. The lowest BCUT2D eigenvalue weighted by molar-refractivity contribution is -0.384. The van der Waals surface area contributed by atoms with Crippen molar-refractivity contribution in [3.8, 4) is 11.4 Å². The van der Waals surface area contributed by atoms with E-state index in [-0.39, 0.29) is 17.2 Å². The number of nitrogens with zero attached hydrogens (tertiary/aromatic N) is 3. The molecule has 1 heterocycles. The Bertz CT molecular complexity index is 1050. The van der Waals surface area contributed by atoms with Crippen molar-refractivity contribution in [3.05, 3.63) is 52.6 Å². The molecule has 0 unspecified atom stereocenters. The van der Waals surface area contributed by atoms with Gasteiger partial charge in [-0.3, -0.25) is 19.5 Å². The van der Waals surface area contributed by atoms with E-state index < -0.39 is 10.3 Å². The zero-order valence-corrected chi connectivity index (χ0v) is 16.9. The smallest absolute Gasteiger partial charge is 0.271 e. The summed E-state index contributed by atoms with van der Waals surface area (Å²) in [5.41, 5.74) is 1.48. The Morgan fingerprint density at radius 3 is 2.61 bits per heavy atom. The SMILES string of the molecule is COc1ccccc1-n1c(SCC(=O)C(C)(C)C)nc2cc([N+](=O)[O-])ccc21. The van der Waals surface area contributed by atoms with E-state index >= 15 is 0 Å². The maximum absolute atomic E-state index is 12.4. The van der Waals surface area contributed by atoms with Crippen LogP contribution in [-0.4, -0.2) is 33.1 Å². The van der Waals surface area contributed by atoms with Crippen molar-refractivity contribution >= 4 is 34.3 Å². The van der Waals surface area contributed by atoms with Crippen molar-refractivity contribution < 1.29 is 14.5 Å². The number of carbonyl (C=O) groups excluding carboxylic acids is 1. The summed E-state index contributed by atoms with van der Waals surface area (Å²) in [7, 11) is 1.58. The van der Waals surface area contributed by atoms with Gasteiger partial charge in [-0.15, -0.1) is 0 Å². The molecule has 0 saturated heterocycles. The number of hydrogen-bond donors (Lipinski definition) is 0. The normalized spacial score (nSPS) is 11.6. The van der Waals surface area contributed by atoms with Crippen LogP contribution in [0.15, 0.2) is 47.6 Å². The van der Waals surface area contributed by atoms with Gasteiger partial charge in [-0.05, 0) is 18.2 Å². The summed E-state index contributed by atoms with van der Waals surface area (Å²) < 4.78 is 7.36. The lowest BCUT2D eigenvalue weighted by Gasteiger charge is -2.16. The average Bonchev–Trinajstić information content (AvgIpc) is 3.02. The number of benzene rings is 2. The highest BCUT2D eigenvalue weighted by Gasteiger charge is 2.24. The number of nitro benzene ring substituents is 1. The summed E-state index contributed by atoms with van der Waals surface area (Å²) in [5, 5.41) is 11.7. The van der Waals surface area contributed by atoms with Crippen LogP contribution in [0.3, 0.4) is 0 Å². The van der Waals surface area contributed by atoms with Gasteiger partial charge in [-0.1, -0.05) is 44.7 Å². The van der Waals surface area contributed by atoms with Crippen LogP contribution in [0.1, 0.15) is 20.8 Å². The van der Waals surface area contributed by atoms with Crippen LogP contribution in [0.5, 0.6) is 5.75 Å². The third-order valence-electron chi connectivity index (χ3n) is 4.31. The number of nitro groups is 1. The number of Topliss-reactive ketones (excluding diaryl/α,β-unsaturated/α-hetero) is 1. The Balaban J connectivity index is 2.15. The molecule has 3 rings (SSSR count). The zero-order chi connectivity index (χ0) is 20.5. The predicted octanol–water partition coefficient (Wildman–Crippen LogP) is 4.65. The maximum Gasteiger partial charge on any atom is 0.271 e. The molecule has 1 aromatic heterocycles. The third kappa shape index (κ3) is 3.87. The van der Waals surface area contributed by atoms with Gasteiger partial charge in [0.1, 0.15) is 11.5 Å². The van der Waals surface area contributed by atoms with E-state index in [1.54, 1.807) is 13.2 Å². The molecule has 2 aromatic carbocycles. The van der Waals surface area contributed by atoms with Crippen LogP contribution in [-0.2, 0) is 4.79 Å². The fourth-order valence-corrected chi connectivity index (χ4v) is 3.83. The molecule has 8 heteroatoms. The number of thioether (sulfide) groups is 1. The van der Waals surface area contributed by atoms with Crippen molar-refractivity contribution in [2.45, 2.75) is 25.9 Å². The molecule has 0 aliphatic rings. The fourth-order valence-electron chi connectivity index (χ4n) is 2.65. The van der Waals surface area contributed by atoms with Gasteiger partial charge < -0.3 is 4.74 Å². The van der Waals surface area contributed by atoms with Gasteiger partial charge in [0, 0.05) is 17.5 Å². The molecule has 0 aliphatic heterocycles. The van der Waals surface area contributed by atoms with Crippen molar-refractivity contribution in [2.75, 3.05) is 12.9 Å². The Morgan fingerprint density at radius 2 is 1.96 bits per heavy atom. The Kier molecular flexibility index (Phi) is 5.42. The molecule has 0 fully saturated rings. The third-order valence-corrected chi connectivity index (χ3v) is 5.25. The minimum absolute atomic E-state index is 0.0282. The first-order valence-corrected chi connectivity index (χ1v) is 9.67. The van der Waals surface area contributed by atoms with E-state index in [0.29, 0.717) is 21.9 Å². The highest BCUT2D eigenvalue weighted by molar-refractivity contribution is 7.99. The van der Waals surface area contributed by atoms with E-state index in [1.165, 1.54) is 23.9 Å². The highest BCUT2D eigenvalue weighted by Crippen LogP contribution is 2.34. The lowest BCUT2D eigenvalue weighted by atomic mass is 9.92. The van der Waals surface area contributed by atoms with Crippen molar-refractivity contribution in [3.63, 3.8) is 0 Å². The van der Waals surface area contributed by atoms with Gasteiger partial charge in [0.15, 0.2) is 5.16 Å². The first kappa shape index (κ1) is 19.9. The second kappa shape index (κ2) is 7.63. The molecule has 146 valence electrons. The van der Waals surface area contributed by atoms with E-state index in [2.05, 4.69) is 4.98 Å². The van der Waals surface area contributed by atoms with Crippen LogP contribution in [0.2, 0.25) is 0 Å². The summed E-state index contributed by atoms with van der Waals surface area (Å²) in [6.07, 6.45) is 0. The summed E-state index contributed by atoms with van der Waals surface area (Å²) in [5.74, 6) is 0.996. The van der Waals surface area contributed by atoms with Crippen LogP contribution in [0.4, 0.5) is 5.69 Å². The zero-order valence-electron chi connectivity index (χ0n) is 16.1. The molecule has 0 amide bonds. The number of fused-ring (bicyclic) bond motifs is 1. The minimum Gasteiger partial charge on any atom is -0.495 e. The maximum atomic E-state index is 12.4. The number of aromatic nitrogens is 2. The number of carbonyl (C=O) groups is 1. The summed E-state index contributed by atoms with van der Waals surface area (Å²) in [4.78, 5) is 27.7. The average molecular weight is 399 g/mol. The molecule has 3 aromatic rings. The largest absolute Gasteiger partial charge is 0.495 e. The summed E-state index contributed by atoms with van der Waals surface area (Å²) in [6.45, 7) is 5.63. The molecule has 0 radical (unpaired) electrons. The number of methoxy groups -OCH3 is 1. The van der Waals surface area contributed by atoms with Crippen molar-refractivity contribution in [1.29, 1.82) is 0 Å². The minimum atomic E-state index is -0.451. The molecular formula is C20H21N3O4S. The molecule has 0 bridgehead atoms. The quantitative estimate of drug-likeness (QED) is 0.341. The number of ketones is 1. The monoisotopic (exact) mass is 399 g/mol. The van der Waals surface area contributed by atoms with Crippen LogP contribution < -0.4 is 4.74 Å². The molecule has 0 aliphatic carbocycles. The van der Waals surface area contributed by atoms with Crippen LogP contribution in [0, 0.1) is 15.5 Å². The molecule has 7 nitrogen and oxygen atoms in total. The number of ether oxygens (including phenoxy) is 1. The van der Waals surface area contributed by atoms with E-state index in [9.17, 15) is 14.9 Å². The number of imidazole rings is 1. The van der Waals surface area contributed by atoms with Gasteiger partial charge in [0.05, 0.1) is 34.5 Å². The van der Waals surface area contributed by atoms with Crippen molar-refractivity contribution in [2.24, 2.45) is 5.41 Å². The van der Waals surface area contributed by atoms with Gasteiger partial charge in [0.2, 0.25) is 0 Å². The fraction of sp³-hybridized carbons (Fsp3) is 0.300. The second-order valence-corrected chi connectivity index (χ2v) is 8.24. The number of para-hydroxylation sites is 2. The van der Waals surface area contributed by atoms with Crippen LogP contribution >= 0.6 is 11.8 Å². The first-order valence-electron chi connectivity index (χ1n) is 8.69. The van der Waals surface area contributed by atoms with Gasteiger partial charge >= 0.3 is 0 Å². The second-order valence-electron chi connectivity index (χ2n) is 7.29. The number of hydrogen-bond acceptors (Lipinski definition) is 6. The van der Waals surface area contributed by atoms with Crippen molar-refractivity contribution in [1.82, 2.24) is 9.55 Å². The highest BCUT2D eigenvalue weighted by atomic mass is 32.2. The molecule has 28 heavy (non-hydrogen) atoms. The standard InChI is InChI=1S/C20H21N3O4S/c1-20(2,3)18(24)12-28-19-21-14-11-13(23(25)26)9-10-15(14)22(19)16-7-5-6-8-17(16)27-4/h5-11H,12H2,1-4H3. The molecule has 0 saturated carbocycles. The number of rotatable bonds is 6. The number of non-ortho nitro benzene ring substituents is 1. The Labute approximate surface area is 166 Å². The molecular weight excluding hydrogens is 378 g/mol. The van der Waals surface area contributed by atoms with E-state index in [0.717, 1.165) is 5.69 Å². The van der Waals surface area contributed by atoms with Crippen LogP contribution in [0.25, 0.3) is 16.7 Å². The van der Waals surface area contributed by atoms with Gasteiger partial charge in [0.25, 0.3) is 5.69 Å². The Morgan fingerprint density at radius 1 is 1.25 bits per heavy atom. The molecule has 0 spiro atoms. The summed E-state index contributed by atoms with van der Waals surface area (Å²) in [6, 6.07) is 12.0. The first-order chi connectivity index (χ1) is 13.2. The van der Waals surface area contributed by atoms with Gasteiger partial charge in [-0.25, -0.2) is 4.98 Å². The molecule has 0 atom stereocenters.